The fourth-order valence-corrected chi connectivity index (χ4v) is 3.88. The molecule has 0 amide bonds. The Morgan fingerprint density at radius 2 is 2.14 bits per heavy atom. The number of benzene rings is 1. The third-order valence-electron chi connectivity index (χ3n) is 3.10. The van der Waals surface area contributed by atoms with Gasteiger partial charge < -0.3 is 5.32 Å². The van der Waals surface area contributed by atoms with E-state index >= 15 is 0 Å². The van der Waals surface area contributed by atoms with Crippen molar-refractivity contribution in [2.45, 2.75) is 25.8 Å². The first-order valence-corrected chi connectivity index (χ1v) is 8.62. The van der Waals surface area contributed by atoms with Gasteiger partial charge in [0.2, 0.25) is 0 Å². The van der Waals surface area contributed by atoms with Crippen LogP contribution < -0.4 is 5.32 Å². The van der Waals surface area contributed by atoms with Gasteiger partial charge in [0.05, 0.1) is 8.81 Å². The Morgan fingerprint density at radius 3 is 2.76 bits per heavy atom. The predicted octanol–water partition coefficient (Wildman–Crippen LogP) is 5.73. The van der Waals surface area contributed by atoms with E-state index in [1.807, 2.05) is 6.07 Å². The van der Waals surface area contributed by atoms with E-state index in [1.165, 1.54) is 17.4 Å². The summed E-state index contributed by atoms with van der Waals surface area (Å²) in [4.78, 5) is 1.00. The molecular formula is C15H15BrClF2NS. The maximum absolute atomic E-state index is 13.8. The largest absolute Gasteiger partial charge is 0.309 e. The molecule has 0 aliphatic heterocycles. The Labute approximate surface area is 140 Å². The molecule has 2 aromatic rings. The first-order chi connectivity index (χ1) is 10.0. The van der Waals surface area contributed by atoms with Crippen molar-refractivity contribution in [3.8, 4) is 0 Å². The summed E-state index contributed by atoms with van der Waals surface area (Å²) in [6, 6.07) is 6.05. The van der Waals surface area contributed by atoms with Crippen molar-refractivity contribution < 1.29 is 8.78 Å². The molecule has 0 saturated carbocycles. The highest BCUT2D eigenvalue weighted by molar-refractivity contribution is 9.11. The molecular weight excluding hydrogens is 380 g/mol. The van der Waals surface area contributed by atoms with Gasteiger partial charge in [-0.3, -0.25) is 0 Å². The molecule has 114 valence electrons. The minimum absolute atomic E-state index is 0.0879. The van der Waals surface area contributed by atoms with E-state index in [9.17, 15) is 8.78 Å². The van der Waals surface area contributed by atoms with Crippen molar-refractivity contribution in [2.24, 2.45) is 0 Å². The molecule has 0 fully saturated rings. The second-order valence-corrected chi connectivity index (χ2v) is 7.50. The number of thiophene rings is 1. The maximum atomic E-state index is 13.8. The lowest BCUT2D eigenvalue weighted by molar-refractivity contribution is 0.479. The van der Waals surface area contributed by atoms with Gasteiger partial charge in [-0.15, -0.1) is 11.3 Å². The van der Waals surface area contributed by atoms with Gasteiger partial charge in [-0.25, -0.2) is 8.78 Å². The van der Waals surface area contributed by atoms with Crippen LogP contribution >= 0.6 is 38.9 Å². The van der Waals surface area contributed by atoms with E-state index < -0.39 is 11.6 Å². The molecule has 21 heavy (non-hydrogen) atoms. The van der Waals surface area contributed by atoms with E-state index in [2.05, 4.69) is 28.2 Å². The van der Waals surface area contributed by atoms with Crippen LogP contribution in [0.4, 0.5) is 8.78 Å². The van der Waals surface area contributed by atoms with Crippen LogP contribution in [0.25, 0.3) is 0 Å². The molecule has 0 aliphatic carbocycles. The van der Waals surface area contributed by atoms with Crippen LogP contribution in [-0.2, 0) is 6.42 Å². The lowest BCUT2D eigenvalue weighted by Gasteiger charge is -2.17. The molecule has 0 aliphatic rings. The summed E-state index contributed by atoms with van der Waals surface area (Å²) in [5, 5.41) is 4.00. The van der Waals surface area contributed by atoms with Crippen molar-refractivity contribution in [2.75, 3.05) is 6.54 Å². The summed E-state index contributed by atoms with van der Waals surface area (Å²) in [5.74, 6) is -1.59. The number of nitrogens with one attached hydrogen (secondary N) is 1. The number of halogens is 4. The van der Waals surface area contributed by atoms with E-state index in [0.717, 1.165) is 27.7 Å². The van der Waals surface area contributed by atoms with Crippen molar-refractivity contribution in [1.82, 2.24) is 5.32 Å². The predicted molar refractivity (Wildman–Crippen MR) is 88.1 cm³/mol. The maximum Gasteiger partial charge on any atom is 0.162 e. The van der Waals surface area contributed by atoms with Gasteiger partial charge in [0.15, 0.2) is 11.6 Å². The summed E-state index contributed by atoms with van der Waals surface area (Å²) in [6.07, 6.45) is 1.34. The number of hydrogen-bond donors (Lipinski definition) is 1. The van der Waals surface area contributed by atoms with E-state index in [0.29, 0.717) is 17.0 Å². The van der Waals surface area contributed by atoms with Gasteiger partial charge >= 0.3 is 0 Å². The van der Waals surface area contributed by atoms with Crippen LogP contribution in [0.3, 0.4) is 0 Å². The summed E-state index contributed by atoms with van der Waals surface area (Å²) < 4.78 is 28.0. The van der Waals surface area contributed by atoms with Gasteiger partial charge in [-0.1, -0.05) is 30.7 Å². The molecule has 1 N–H and O–H groups in total. The minimum atomic E-state index is -0.813. The zero-order chi connectivity index (χ0) is 15.4. The van der Waals surface area contributed by atoms with Gasteiger partial charge in [-0.2, -0.15) is 0 Å². The summed E-state index contributed by atoms with van der Waals surface area (Å²) in [7, 11) is 0. The van der Waals surface area contributed by atoms with Crippen molar-refractivity contribution in [3.63, 3.8) is 0 Å². The summed E-state index contributed by atoms with van der Waals surface area (Å²) in [6.45, 7) is 2.86. The SMILES string of the molecule is CCCNC(Cc1cccc(F)c1F)c1cc(Cl)c(Br)s1. The average molecular weight is 395 g/mol. The lowest BCUT2D eigenvalue weighted by Crippen LogP contribution is -2.23. The molecule has 1 heterocycles. The monoisotopic (exact) mass is 393 g/mol. The Hall–Kier alpha value is -0.490. The number of rotatable bonds is 6. The molecule has 0 radical (unpaired) electrons. The van der Waals surface area contributed by atoms with E-state index in [4.69, 9.17) is 11.6 Å². The number of hydrogen-bond acceptors (Lipinski definition) is 2. The van der Waals surface area contributed by atoms with Gasteiger partial charge in [0.25, 0.3) is 0 Å². The normalized spacial score (nSPS) is 12.6. The fourth-order valence-electron chi connectivity index (χ4n) is 2.05. The van der Waals surface area contributed by atoms with E-state index in [-0.39, 0.29) is 6.04 Å². The Bertz CT molecular complexity index is 598. The highest BCUT2D eigenvalue weighted by Gasteiger charge is 2.19. The molecule has 1 unspecified atom stereocenters. The Kier molecular flexibility index (Phi) is 6.17. The Balaban J connectivity index is 2.26. The third-order valence-corrected chi connectivity index (χ3v) is 5.69. The fraction of sp³-hybridized carbons (Fsp3) is 0.333. The molecule has 0 spiro atoms. The van der Waals surface area contributed by atoms with Gasteiger partial charge in [0, 0.05) is 10.9 Å². The van der Waals surface area contributed by atoms with E-state index in [1.54, 1.807) is 6.07 Å². The van der Waals surface area contributed by atoms with Crippen LogP contribution in [0.1, 0.15) is 29.8 Å². The highest BCUT2D eigenvalue weighted by Crippen LogP contribution is 2.36. The van der Waals surface area contributed by atoms with Crippen LogP contribution in [0.15, 0.2) is 28.1 Å². The topological polar surface area (TPSA) is 12.0 Å². The third kappa shape index (κ3) is 4.25. The van der Waals surface area contributed by atoms with Gasteiger partial charge in [0.1, 0.15) is 0 Å². The minimum Gasteiger partial charge on any atom is -0.309 e. The molecule has 1 atom stereocenters. The first kappa shape index (κ1) is 16.9. The highest BCUT2D eigenvalue weighted by atomic mass is 79.9. The van der Waals surface area contributed by atoms with Crippen molar-refractivity contribution >= 4 is 38.9 Å². The molecule has 2 rings (SSSR count). The first-order valence-electron chi connectivity index (χ1n) is 6.64. The molecule has 1 aromatic carbocycles. The van der Waals surface area contributed by atoms with Crippen LogP contribution in [0.2, 0.25) is 5.02 Å². The molecule has 6 heteroatoms. The van der Waals surface area contributed by atoms with Crippen LogP contribution in [0.5, 0.6) is 0 Å². The average Bonchev–Trinajstić information content (AvgIpc) is 2.79. The molecule has 0 saturated heterocycles. The zero-order valence-electron chi connectivity index (χ0n) is 11.4. The molecule has 1 nitrogen and oxygen atoms in total. The van der Waals surface area contributed by atoms with Crippen molar-refractivity contribution in [1.29, 1.82) is 0 Å². The van der Waals surface area contributed by atoms with Crippen LogP contribution in [-0.4, -0.2) is 6.54 Å². The quantitative estimate of drug-likeness (QED) is 0.660. The van der Waals surface area contributed by atoms with Crippen molar-refractivity contribution in [3.05, 3.63) is 55.1 Å². The Morgan fingerprint density at radius 1 is 1.38 bits per heavy atom. The zero-order valence-corrected chi connectivity index (χ0v) is 14.6. The second kappa shape index (κ2) is 7.68. The molecule has 1 aromatic heterocycles. The molecule has 0 bridgehead atoms. The van der Waals surface area contributed by atoms with Crippen LogP contribution in [0, 0.1) is 11.6 Å². The summed E-state index contributed by atoms with van der Waals surface area (Å²) in [5.41, 5.74) is 0.365. The standard InChI is InChI=1S/C15H15BrClF2NS/c1-2-6-20-12(13-8-10(17)15(16)21-13)7-9-4-3-5-11(18)14(9)19/h3-5,8,12,20H,2,6-7H2,1H3. The van der Waals surface area contributed by atoms with Gasteiger partial charge in [-0.05, 0) is 53.0 Å². The smallest absolute Gasteiger partial charge is 0.162 e. The lowest BCUT2D eigenvalue weighted by atomic mass is 10.0. The summed E-state index contributed by atoms with van der Waals surface area (Å²) >= 11 is 11.0. The second-order valence-electron chi connectivity index (χ2n) is 4.69.